The van der Waals surface area contributed by atoms with Crippen molar-refractivity contribution in [1.82, 2.24) is 10.2 Å². The summed E-state index contributed by atoms with van der Waals surface area (Å²) in [5.41, 5.74) is 8.09. The Kier molecular flexibility index (Phi) is 6.26. The van der Waals surface area contributed by atoms with Crippen molar-refractivity contribution in [1.29, 1.82) is 0 Å². The highest BCUT2D eigenvalue weighted by atomic mass is 16.5. The van der Waals surface area contributed by atoms with Crippen molar-refractivity contribution in [2.75, 3.05) is 26.7 Å². The molecule has 1 aliphatic heterocycles. The molecule has 1 amide bonds. The molecule has 1 heterocycles. The minimum Gasteiger partial charge on any atom is -0.497 e. The zero-order valence-corrected chi connectivity index (χ0v) is 15.2. The number of hydrogen-bond acceptors (Lipinski definition) is 4. The van der Waals surface area contributed by atoms with Gasteiger partial charge in [-0.25, -0.2) is 0 Å². The Hall–Kier alpha value is -2.37. The number of ether oxygens (including phenoxy) is 1. The molecule has 2 aromatic carbocycles. The van der Waals surface area contributed by atoms with Crippen LogP contribution in [0.1, 0.15) is 36.1 Å². The summed E-state index contributed by atoms with van der Waals surface area (Å²) in [5.74, 6) is 0.683. The molecule has 3 N–H and O–H groups in total. The molecule has 1 aliphatic rings. The van der Waals surface area contributed by atoms with Crippen LogP contribution in [0.15, 0.2) is 54.6 Å². The maximum Gasteiger partial charge on any atom is 0.241 e. The van der Waals surface area contributed by atoms with Gasteiger partial charge in [0.1, 0.15) is 11.8 Å². The second kappa shape index (κ2) is 8.83. The van der Waals surface area contributed by atoms with Crippen LogP contribution < -0.4 is 15.8 Å². The van der Waals surface area contributed by atoms with Gasteiger partial charge in [-0.15, -0.1) is 0 Å². The van der Waals surface area contributed by atoms with E-state index in [2.05, 4.69) is 16.3 Å². The van der Waals surface area contributed by atoms with E-state index in [-0.39, 0.29) is 11.9 Å². The number of nitrogens with one attached hydrogen (secondary N) is 1. The Balaban J connectivity index is 1.70. The Morgan fingerprint density at radius 2 is 1.81 bits per heavy atom. The molecule has 0 spiro atoms. The van der Waals surface area contributed by atoms with E-state index in [1.165, 1.54) is 12.8 Å². The lowest BCUT2D eigenvalue weighted by molar-refractivity contribution is -0.122. The third-order valence-corrected chi connectivity index (χ3v) is 4.97. The molecule has 0 saturated carbocycles. The van der Waals surface area contributed by atoms with Gasteiger partial charge >= 0.3 is 0 Å². The number of likely N-dealkylation sites (tertiary alicyclic amines) is 1. The van der Waals surface area contributed by atoms with Crippen LogP contribution in [0.2, 0.25) is 0 Å². The number of carbonyl (C=O) groups is 1. The fraction of sp³-hybridized carbons (Fsp3) is 0.381. The van der Waals surface area contributed by atoms with E-state index in [9.17, 15) is 4.79 Å². The third-order valence-electron chi connectivity index (χ3n) is 4.97. The molecular weight excluding hydrogens is 326 g/mol. The number of carbonyl (C=O) groups excluding carboxylic acids is 1. The highest BCUT2D eigenvalue weighted by molar-refractivity contribution is 5.82. The summed E-state index contributed by atoms with van der Waals surface area (Å²) < 4.78 is 5.36. The Morgan fingerprint density at radius 3 is 2.50 bits per heavy atom. The van der Waals surface area contributed by atoms with E-state index < -0.39 is 6.04 Å². The van der Waals surface area contributed by atoms with Crippen molar-refractivity contribution < 1.29 is 9.53 Å². The van der Waals surface area contributed by atoms with E-state index in [0.29, 0.717) is 6.54 Å². The number of hydrogen-bond donors (Lipinski definition) is 2. The average molecular weight is 353 g/mol. The van der Waals surface area contributed by atoms with Crippen LogP contribution >= 0.6 is 0 Å². The monoisotopic (exact) mass is 353 g/mol. The second-order valence-electron chi connectivity index (χ2n) is 6.67. The first-order valence-corrected chi connectivity index (χ1v) is 9.15. The quantitative estimate of drug-likeness (QED) is 0.803. The highest BCUT2D eigenvalue weighted by Gasteiger charge is 2.25. The molecule has 5 heteroatoms. The van der Waals surface area contributed by atoms with Crippen molar-refractivity contribution in [3.05, 3.63) is 65.7 Å². The maximum absolute atomic E-state index is 12.5. The summed E-state index contributed by atoms with van der Waals surface area (Å²) in [4.78, 5) is 15.0. The minimum absolute atomic E-state index is 0.125. The summed E-state index contributed by atoms with van der Waals surface area (Å²) in [6.07, 6.45) is 2.38. The highest BCUT2D eigenvalue weighted by Crippen LogP contribution is 2.27. The third kappa shape index (κ3) is 4.42. The molecule has 2 aromatic rings. The molecule has 0 aromatic heterocycles. The molecule has 0 radical (unpaired) electrons. The summed E-state index contributed by atoms with van der Waals surface area (Å²) in [6.45, 7) is 2.62. The smallest absolute Gasteiger partial charge is 0.241 e. The van der Waals surface area contributed by atoms with Crippen molar-refractivity contribution in [3.63, 3.8) is 0 Å². The SMILES string of the molecule is COc1cccc(C(CNC(=O)C(N)c2ccccc2)N2CCCC2)c1. The number of amides is 1. The standard InChI is InChI=1S/C21H27N3O2/c1-26-18-11-7-10-17(14-18)19(24-12-5-6-13-24)15-23-21(25)20(22)16-8-3-2-4-9-16/h2-4,7-11,14,19-20H,5-6,12-13,15,22H2,1H3,(H,23,25). The molecule has 26 heavy (non-hydrogen) atoms. The predicted molar refractivity (Wildman–Crippen MR) is 103 cm³/mol. The van der Waals surface area contributed by atoms with E-state index in [1.807, 2.05) is 48.5 Å². The van der Waals surface area contributed by atoms with Crippen LogP contribution in [0.3, 0.4) is 0 Å². The lowest BCUT2D eigenvalue weighted by atomic mass is 10.0. The van der Waals surface area contributed by atoms with Gasteiger partial charge in [-0.3, -0.25) is 9.69 Å². The molecule has 0 bridgehead atoms. The summed E-state index contributed by atoms with van der Waals surface area (Å²) in [7, 11) is 1.67. The number of methoxy groups -OCH3 is 1. The lowest BCUT2D eigenvalue weighted by Crippen LogP contribution is -2.40. The average Bonchev–Trinajstić information content (AvgIpc) is 3.22. The van der Waals surface area contributed by atoms with Crippen molar-refractivity contribution in [3.8, 4) is 5.75 Å². The largest absolute Gasteiger partial charge is 0.497 e. The van der Waals surface area contributed by atoms with Gasteiger partial charge in [-0.2, -0.15) is 0 Å². The number of nitrogens with two attached hydrogens (primary N) is 1. The van der Waals surface area contributed by atoms with Crippen LogP contribution in [-0.4, -0.2) is 37.6 Å². The molecule has 1 fully saturated rings. The molecule has 3 rings (SSSR count). The van der Waals surface area contributed by atoms with E-state index >= 15 is 0 Å². The van der Waals surface area contributed by atoms with Crippen LogP contribution in [0.5, 0.6) is 5.75 Å². The number of benzene rings is 2. The van der Waals surface area contributed by atoms with Gasteiger partial charge in [-0.05, 0) is 49.2 Å². The van der Waals surface area contributed by atoms with E-state index in [1.54, 1.807) is 7.11 Å². The zero-order valence-electron chi connectivity index (χ0n) is 15.2. The topological polar surface area (TPSA) is 67.6 Å². The fourth-order valence-electron chi connectivity index (χ4n) is 3.48. The summed E-state index contributed by atoms with van der Waals surface area (Å²) in [6, 6.07) is 17.0. The van der Waals surface area contributed by atoms with Gasteiger partial charge in [0.05, 0.1) is 13.2 Å². The summed E-state index contributed by atoms with van der Waals surface area (Å²) >= 11 is 0. The maximum atomic E-state index is 12.5. The first kappa shape index (κ1) is 18.4. The van der Waals surface area contributed by atoms with Gasteiger partial charge < -0.3 is 15.8 Å². The molecule has 1 saturated heterocycles. The second-order valence-corrected chi connectivity index (χ2v) is 6.67. The molecule has 0 aliphatic carbocycles. The Bertz CT molecular complexity index is 714. The van der Waals surface area contributed by atoms with Crippen LogP contribution in [0, 0.1) is 0 Å². The van der Waals surface area contributed by atoms with Gasteiger partial charge in [0.2, 0.25) is 5.91 Å². The first-order chi connectivity index (χ1) is 12.7. The summed E-state index contributed by atoms with van der Waals surface area (Å²) in [5, 5.41) is 3.05. The van der Waals surface area contributed by atoms with Gasteiger partial charge in [0.15, 0.2) is 0 Å². The van der Waals surface area contributed by atoms with Gasteiger partial charge in [0, 0.05) is 6.54 Å². The predicted octanol–water partition coefficient (Wildman–Crippen LogP) is 2.65. The Morgan fingerprint density at radius 1 is 1.12 bits per heavy atom. The zero-order chi connectivity index (χ0) is 18.4. The molecule has 138 valence electrons. The van der Waals surface area contributed by atoms with Gasteiger partial charge in [0.25, 0.3) is 0 Å². The normalized spacial score (nSPS) is 16.8. The van der Waals surface area contributed by atoms with Crippen molar-refractivity contribution in [2.45, 2.75) is 24.9 Å². The van der Waals surface area contributed by atoms with Crippen LogP contribution in [0.4, 0.5) is 0 Å². The molecule has 2 unspecified atom stereocenters. The first-order valence-electron chi connectivity index (χ1n) is 9.15. The molecule has 2 atom stereocenters. The fourth-order valence-corrected chi connectivity index (χ4v) is 3.48. The minimum atomic E-state index is -0.652. The van der Waals surface area contributed by atoms with Crippen LogP contribution in [0.25, 0.3) is 0 Å². The van der Waals surface area contributed by atoms with Gasteiger partial charge in [-0.1, -0.05) is 42.5 Å². The Labute approximate surface area is 155 Å². The van der Waals surface area contributed by atoms with E-state index in [0.717, 1.165) is 30.0 Å². The van der Waals surface area contributed by atoms with Crippen molar-refractivity contribution >= 4 is 5.91 Å². The lowest BCUT2D eigenvalue weighted by Gasteiger charge is -2.29. The molecule has 5 nitrogen and oxygen atoms in total. The van der Waals surface area contributed by atoms with E-state index in [4.69, 9.17) is 10.5 Å². The van der Waals surface area contributed by atoms with Crippen LogP contribution in [-0.2, 0) is 4.79 Å². The van der Waals surface area contributed by atoms with Crippen molar-refractivity contribution in [2.24, 2.45) is 5.73 Å². The number of nitrogens with zero attached hydrogens (tertiary/aromatic N) is 1. The molecular formula is C21H27N3O2. The number of rotatable bonds is 7.